The van der Waals surface area contributed by atoms with Crippen molar-refractivity contribution in [1.82, 2.24) is 4.98 Å². The van der Waals surface area contributed by atoms with Crippen molar-refractivity contribution in [2.24, 2.45) is 5.73 Å². The van der Waals surface area contributed by atoms with Gasteiger partial charge in [0.1, 0.15) is 0 Å². The largest absolute Gasteiger partial charge is 0.415 e. The molecule has 1 atom stereocenters. The van der Waals surface area contributed by atoms with Crippen LogP contribution in [0.5, 0.6) is 0 Å². The second-order valence-electron chi connectivity index (χ2n) is 3.84. The Bertz CT molecular complexity index is 412. The van der Waals surface area contributed by atoms with Gasteiger partial charge >= 0.3 is 6.18 Å². The topological polar surface area (TPSA) is 68.0 Å². The predicted molar refractivity (Wildman–Crippen MR) is 56.3 cm³/mol. The molecular weight excluding hydrogens is 235 g/mol. The second kappa shape index (κ2) is 4.33. The Kier molecular flexibility index (Phi) is 3.42. The summed E-state index contributed by atoms with van der Waals surface area (Å²) in [4.78, 5) is 15.2. The molecule has 17 heavy (non-hydrogen) atoms. The molecule has 3 N–H and O–H groups in total. The smallest absolute Gasteiger partial charge is 0.323 e. The third kappa shape index (κ3) is 2.94. The van der Waals surface area contributed by atoms with Crippen LogP contribution in [0.1, 0.15) is 12.6 Å². The molecule has 1 aromatic heterocycles. The Labute approximate surface area is 96.0 Å². The standard InChI is InChI=1S/C10H12F3N3O/c1-6-3-4-7(5-15-6)16-8(17)9(2,14)10(11,12)13/h3-5H,14H2,1-2H3,(H,16,17). The normalized spacial score (nSPS) is 15.2. The zero-order chi connectivity index (χ0) is 13.3. The third-order valence-electron chi connectivity index (χ3n) is 2.23. The van der Waals surface area contributed by atoms with Crippen molar-refractivity contribution in [2.75, 3.05) is 5.32 Å². The number of nitrogens with one attached hydrogen (secondary N) is 1. The number of carbonyl (C=O) groups is 1. The number of alkyl halides is 3. The molecule has 0 saturated carbocycles. The number of aromatic nitrogens is 1. The van der Waals surface area contributed by atoms with Crippen molar-refractivity contribution in [3.63, 3.8) is 0 Å². The van der Waals surface area contributed by atoms with E-state index in [-0.39, 0.29) is 5.69 Å². The number of anilines is 1. The van der Waals surface area contributed by atoms with Crippen LogP contribution in [0.3, 0.4) is 0 Å². The second-order valence-corrected chi connectivity index (χ2v) is 3.84. The first kappa shape index (κ1) is 13.4. The SMILES string of the molecule is Cc1ccc(NC(=O)C(C)(N)C(F)(F)F)cn1. The average Bonchev–Trinajstić information content (AvgIpc) is 2.19. The highest BCUT2D eigenvalue weighted by Gasteiger charge is 2.53. The lowest BCUT2D eigenvalue weighted by atomic mass is 10.0. The zero-order valence-corrected chi connectivity index (χ0v) is 9.30. The van der Waals surface area contributed by atoms with E-state index in [0.717, 1.165) is 0 Å². The summed E-state index contributed by atoms with van der Waals surface area (Å²) in [6.45, 7) is 2.33. The minimum absolute atomic E-state index is 0.168. The molecule has 1 unspecified atom stereocenters. The van der Waals surface area contributed by atoms with E-state index in [9.17, 15) is 18.0 Å². The van der Waals surface area contributed by atoms with Crippen LogP contribution in [-0.2, 0) is 4.79 Å². The van der Waals surface area contributed by atoms with Crippen LogP contribution >= 0.6 is 0 Å². The number of nitrogens with two attached hydrogens (primary N) is 1. The van der Waals surface area contributed by atoms with Crippen molar-refractivity contribution < 1.29 is 18.0 Å². The monoisotopic (exact) mass is 247 g/mol. The fourth-order valence-corrected chi connectivity index (χ4v) is 0.931. The van der Waals surface area contributed by atoms with Crippen LogP contribution in [0, 0.1) is 6.92 Å². The number of hydrogen-bond acceptors (Lipinski definition) is 3. The fraction of sp³-hybridized carbons (Fsp3) is 0.400. The number of rotatable bonds is 2. The number of amides is 1. The van der Waals surface area contributed by atoms with Gasteiger partial charge in [0.2, 0.25) is 0 Å². The first-order chi connectivity index (χ1) is 7.64. The summed E-state index contributed by atoms with van der Waals surface area (Å²) in [6, 6.07) is 3.02. The molecule has 0 fully saturated rings. The Morgan fingerprint density at radius 1 is 1.41 bits per heavy atom. The number of hydrogen-bond donors (Lipinski definition) is 2. The van der Waals surface area contributed by atoms with Gasteiger partial charge in [-0.1, -0.05) is 0 Å². The van der Waals surface area contributed by atoms with Gasteiger partial charge in [-0.3, -0.25) is 9.78 Å². The van der Waals surface area contributed by atoms with Crippen molar-refractivity contribution in [3.05, 3.63) is 24.0 Å². The lowest BCUT2D eigenvalue weighted by Crippen LogP contribution is -2.59. The molecule has 1 rings (SSSR count). The van der Waals surface area contributed by atoms with Gasteiger partial charge in [0.15, 0.2) is 5.54 Å². The maximum Gasteiger partial charge on any atom is 0.415 e. The highest BCUT2D eigenvalue weighted by molar-refractivity contribution is 5.98. The Balaban J connectivity index is 2.83. The number of nitrogens with zero attached hydrogens (tertiary/aromatic N) is 1. The molecule has 0 aliphatic carbocycles. The number of aryl methyl sites for hydroxylation is 1. The van der Waals surface area contributed by atoms with Crippen molar-refractivity contribution in [2.45, 2.75) is 25.6 Å². The van der Waals surface area contributed by atoms with Gasteiger partial charge in [-0.2, -0.15) is 13.2 Å². The molecule has 1 aromatic rings. The summed E-state index contributed by atoms with van der Waals surface area (Å²) >= 11 is 0. The van der Waals surface area contributed by atoms with E-state index in [1.807, 2.05) is 0 Å². The van der Waals surface area contributed by atoms with Gasteiger partial charge in [-0.15, -0.1) is 0 Å². The minimum Gasteiger partial charge on any atom is -0.323 e. The predicted octanol–water partition coefficient (Wildman–Crippen LogP) is 1.61. The van der Waals surface area contributed by atoms with Gasteiger partial charge in [-0.25, -0.2) is 0 Å². The quantitative estimate of drug-likeness (QED) is 0.834. The molecule has 0 saturated heterocycles. The van der Waals surface area contributed by atoms with E-state index in [4.69, 9.17) is 5.73 Å². The van der Waals surface area contributed by atoms with Crippen LogP contribution in [0.4, 0.5) is 18.9 Å². The van der Waals surface area contributed by atoms with E-state index >= 15 is 0 Å². The van der Waals surface area contributed by atoms with Gasteiger partial charge in [-0.05, 0) is 26.0 Å². The molecule has 0 bridgehead atoms. The number of pyridine rings is 1. The molecule has 94 valence electrons. The molecule has 1 heterocycles. The minimum atomic E-state index is -4.81. The van der Waals surface area contributed by atoms with Crippen LogP contribution in [-0.4, -0.2) is 22.6 Å². The van der Waals surface area contributed by atoms with E-state index in [2.05, 4.69) is 10.3 Å². The van der Waals surface area contributed by atoms with Crippen molar-refractivity contribution >= 4 is 11.6 Å². The molecule has 7 heteroatoms. The van der Waals surface area contributed by atoms with Gasteiger partial charge in [0.05, 0.1) is 11.9 Å². The van der Waals surface area contributed by atoms with Crippen LogP contribution in [0.15, 0.2) is 18.3 Å². The Hall–Kier alpha value is -1.63. The first-order valence-electron chi connectivity index (χ1n) is 4.74. The summed E-state index contributed by atoms with van der Waals surface area (Å²) in [5, 5.41) is 2.07. The van der Waals surface area contributed by atoms with Crippen molar-refractivity contribution in [1.29, 1.82) is 0 Å². The summed E-state index contributed by atoms with van der Waals surface area (Å²) < 4.78 is 37.3. The Morgan fingerprint density at radius 3 is 2.41 bits per heavy atom. The van der Waals surface area contributed by atoms with Gasteiger partial charge < -0.3 is 11.1 Å². The zero-order valence-electron chi connectivity index (χ0n) is 9.30. The highest BCUT2D eigenvalue weighted by atomic mass is 19.4. The van der Waals surface area contributed by atoms with Crippen LogP contribution in [0.2, 0.25) is 0 Å². The highest BCUT2D eigenvalue weighted by Crippen LogP contribution is 2.28. The van der Waals surface area contributed by atoms with Crippen LogP contribution in [0.25, 0.3) is 0 Å². The van der Waals surface area contributed by atoms with Gasteiger partial charge in [0.25, 0.3) is 5.91 Å². The summed E-state index contributed by atoms with van der Waals surface area (Å²) in [6.07, 6.45) is -3.55. The average molecular weight is 247 g/mol. The fourth-order valence-electron chi connectivity index (χ4n) is 0.931. The molecule has 0 spiro atoms. The lowest BCUT2D eigenvalue weighted by Gasteiger charge is -2.26. The van der Waals surface area contributed by atoms with Crippen molar-refractivity contribution in [3.8, 4) is 0 Å². The summed E-state index contributed by atoms with van der Waals surface area (Å²) in [7, 11) is 0. The summed E-state index contributed by atoms with van der Waals surface area (Å²) in [5.74, 6) is -1.32. The van der Waals surface area contributed by atoms with E-state index in [0.29, 0.717) is 12.6 Å². The van der Waals surface area contributed by atoms with E-state index in [1.165, 1.54) is 12.3 Å². The summed E-state index contributed by atoms with van der Waals surface area (Å²) in [5.41, 5.74) is 2.88. The van der Waals surface area contributed by atoms with E-state index < -0.39 is 17.6 Å². The molecule has 1 amide bonds. The molecule has 0 aliphatic heterocycles. The molecular formula is C10H12F3N3O. The van der Waals surface area contributed by atoms with E-state index in [1.54, 1.807) is 13.0 Å². The molecule has 0 aliphatic rings. The Morgan fingerprint density at radius 2 is 2.00 bits per heavy atom. The molecule has 0 aromatic carbocycles. The van der Waals surface area contributed by atoms with Gasteiger partial charge in [0, 0.05) is 5.69 Å². The first-order valence-corrected chi connectivity index (χ1v) is 4.74. The maximum atomic E-state index is 12.4. The number of carbonyl (C=O) groups excluding carboxylic acids is 1. The third-order valence-corrected chi connectivity index (χ3v) is 2.23. The molecule has 4 nitrogen and oxygen atoms in total. The van der Waals surface area contributed by atoms with Crippen LogP contribution < -0.4 is 11.1 Å². The lowest BCUT2D eigenvalue weighted by molar-refractivity contribution is -0.184. The molecule has 0 radical (unpaired) electrons. The maximum absolute atomic E-state index is 12.4. The number of halogens is 3.